The lowest BCUT2D eigenvalue weighted by molar-refractivity contribution is 0.298. The number of aromatic nitrogens is 1. The summed E-state index contributed by atoms with van der Waals surface area (Å²) in [7, 11) is 0. The summed E-state index contributed by atoms with van der Waals surface area (Å²) < 4.78 is 0. The molecular formula is C13H23N3O. The van der Waals surface area contributed by atoms with Gasteiger partial charge >= 0.3 is 0 Å². The van der Waals surface area contributed by atoms with E-state index in [-0.39, 0.29) is 5.56 Å². The lowest BCUT2D eigenvalue weighted by Gasteiger charge is -2.17. The highest BCUT2D eigenvalue weighted by molar-refractivity contribution is 5.03. The third kappa shape index (κ3) is 5.65. The molecule has 0 radical (unpaired) electrons. The largest absolute Gasteiger partial charge is 0.325 e. The number of nitrogens with one attached hydrogen (secondary N) is 2. The second-order valence-corrected chi connectivity index (χ2v) is 4.10. The predicted octanol–water partition coefficient (Wildman–Crippen LogP) is 1.20. The van der Waals surface area contributed by atoms with Gasteiger partial charge in [-0.15, -0.1) is 0 Å². The second kappa shape index (κ2) is 8.03. The molecule has 0 spiro atoms. The maximum absolute atomic E-state index is 11.1. The molecule has 4 nitrogen and oxygen atoms in total. The molecule has 1 heterocycles. The molecule has 96 valence electrons. The van der Waals surface area contributed by atoms with Crippen molar-refractivity contribution in [2.24, 2.45) is 0 Å². The summed E-state index contributed by atoms with van der Waals surface area (Å²) in [5.41, 5.74) is 0.910. The monoisotopic (exact) mass is 237 g/mol. The van der Waals surface area contributed by atoms with Crippen LogP contribution in [0.25, 0.3) is 0 Å². The molecule has 0 bridgehead atoms. The van der Waals surface area contributed by atoms with Gasteiger partial charge in [0.15, 0.2) is 0 Å². The van der Waals surface area contributed by atoms with Crippen LogP contribution in [0.15, 0.2) is 23.0 Å². The first-order valence-corrected chi connectivity index (χ1v) is 6.37. The van der Waals surface area contributed by atoms with Crippen LogP contribution in [0.5, 0.6) is 0 Å². The Kier molecular flexibility index (Phi) is 6.58. The second-order valence-electron chi connectivity index (χ2n) is 4.10. The highest BCUT2D eigenvalue weighted by Crippen LogP contribution is 1.91. The first-order valence-electron chi connectivity index (χ1n) is 6.37. The van der Waals surface area contributed by atoms with Crippen molar-refractivity contribution in [3.8, 4) is 0 Å². The van der Waals surface area contributed by atoms with Crippen LogP contribution in [0, 0.1) is 0 Å². The van der Waals surface area contributed by atoms with Crippen LogP contribution in [-0.4, -0.2) is 36.1 Å². The van der Waals surface area contributed by atoms with Crippen LogP contribution >= 0.6 is 0 Å². The van der Waals surface area contributed by atoms with Crippen LogP contribution < -0.4 is 10.9 Å². The molecule has 0 saturated carbocycles. The highest BCUT2D eigenvalue weighted by Gasteiger charge is 1.98. The van der Waals surface area contributed by atoms with E-state index in [1.54, 1.807) is 6.07 Å². The lowest BCUT2D eigenvalue weighted by Crippen LogP contribution is -2.27. The minimum atomic E-state index is -0.0348. The number of aromatic amines is 1. The topological polar surface area (TPSA) is 48.1 Å². The molecule has 2 N–H and O–H groups in total. The Morgan fingerprint density at radius 3 is 2.71 bits per heavy atom. The fraction of sp³-hybridized carbons (Fsp3) is 0.615. The van der Waals surface area contributed by atoms with Gasteiger partial charge in [0.25, 0.3) is 0 Å². The molecule has 0 unspecified atom stereocenters. The SMILES string of the molecule is CCN(CC)CCCNCc1cccc(=O)[nH]1. The Morgan fingerprint density at radius 2 is 2.06 bits per heavy atom. The fourth-order valence-electron chi connectivity index (χ4n) is 1.79. The van der Waals surface area contributed by atoms with Crippen molar-refractivity contribution in [3.05, 3.63) is 34.2 Å². The third-order valence-electron chi connectivity index (χ3n) is 2.87. The molecule has 0 aliphatic rings. The van der Waals surface area contributed by atoms with Crippen molar-refractivity contribution in [1.29, 1.82) is 0 Å². The molecule has 0 amide bonds. The Morgan fingerprint density at radius 1 is 1.29 bits per heavy atom. The Hall–Kier alpha value is -1.13. The minimum absolute atomic E-state index is 0.0348. The van der Waals surface area contributed by atoms with Gasteiger partial charge in [-0.2, -0.15) is 0 Å². The molecule has 0 fully saturated rings. The molecule has 17 heavy (non-hydrogen) atoms. The van der Waals surface area contributed by atoms with Crippen LogP contribution in [0.3, 0.4) is 0 Å². The van der Waals surface area contributed by atoms with Crippen molar-refractivity contribution in [3.63, 3.8) is 0 Å². The van der Waals surface area contributed by atoms with E-state index < -0.39 is 0 Å². The summed E-state index contributed by atoms with van der Waals surface area (Å²) in [6.07, 6.45) is 1.14. The van der Waals surface area contributed by atoms with Crippen molar-refractivity contribution in [1.82, 2.24) is 15.2 Å². The zero-order valence-electron chi connectivity index (χ0n) is 10.8. The van der Waals surface area contributed by atoms with Gasteiger partial charge in [0.1, 0.15) is 0 Å². The zero-order valence-corrected chi connectivity index (χ0v) is 10.8. The molecule has 0 aliphatic heterocycles. The average Bonchev–Trinajstić information content (AvgIpc) is 2.34. The molecule has 0 saturated heterocycles. The van der Waals surface area contributed by atoms with Gasteiger partial charge in [0, 0.05) is 18.3 Å². The summed E-state index contributed by atoms with van der Waals surface area (Å²) in [6, 6.07) is 5.24. The van der Waals surface area contributed by atoms with Crippen molar-refractivity contribution >= 4 is 0 Å². The molecule has 4 heteroatoms. The van der Waals surface area contributed by atoms with Crippen LogP contribution in [0.2, 0.25) is 0 Å². The van der Waals surface area contributed by atoms with Gasteiger partial charge in [0.05, 0.1) is 0 Å². The van der Waals surface area contributed by atoms with E-state index in [4.69, 9.17) is 0 Å². The van der Waals surface area contributed by atoms with E-state index in [2.05, 4.69) is 29.0 Å². The van der Waals surface area contributed by atoms with Crippen LogP contribution in [-0.2, 0) is 6.54 Å². The Labute approximate surface area is 103 Å². The van der Waals surface area contributed by atoms with Gasteiger partial charge in [-0.05, 0) is 38.7 Å². The zero-order chi connectivity index (χ0) is 12.5. The van der Waals surface area contributed by atoms with Crippen LogP contribution in [0.4, 0.5) is 0 Å². The molecular weight excluding hydrogens is 214 g/mol. The Balaban J connectivity index is 2.14. The summed E-state index contributed by atoms with van der Waals surface area (Å²) in [5.74, 6) is 0. The number of rotatable bonds is 8. The van der Waals surface area contributed by atoms with E-state index in [1.807, 2.05) is 6.07 Å². The normalized spacial score (nSPS) is 11.0. The quantitative estimate of drug-likeness (QED) is 0.668. The predicted molar refractivity (Wildman–Crippen MR) is 71.2 cm³/mol. The summed E-state index contributed by atoms with van der Waals surface area (Å²) >= 11 is 0. The van der Waals surface area contributed by atoms with E-state index in [0.29, 0.717) is 0 Å². The standard InChI is InChI=1S/C13H23N3O/c1-3-16(4-2)10-6-9-14-11-12-7-5-8-13(17)15-12/h5,7-8,14H,3-4,6,9-11H2,1-2H3,(H,15,17). The Bertz CT molecular complexity index is 358. The number of H-pyrrole nitrogens is 1. The van der Waals surface area contributed by atoms with Gasteiger partial charge < -0.3 is 15.2 Å². The number of hydrogen-bond acceptors (Lipinski definition) is 3. The van der Waals surface area contributed by atoms with E-state index in [0.717, 1.165) is 44.8 Å². The fourth-order valence-corrected chi connectivity index (χ4v) is 1.79. The highest BCUT2D eigenvalue weighted by atomic mass is 16.1. The van der Waals surface area contributed by atoms with Crippen LogP contribution in [0.1, 0.15) is 26.0 Å². The number of pyridine rings is 1. The van der Waals surface area contributed by atoms with Gasteiger partial charge in [0.2, 0.25) is 5.56 Å². The first-order chi connectivity index (χ1) is 8.26. The minimum Gasteiger partial charge on any atom is -0.325 e. The number of nitrogens with zero attached hydrogens (tertiary/aromatic N) is 1. The molecule has 1 rings (SSSR count). The maximum atomic E-state index is 11.1. The first kappa shape index (κ1) is 13.9. The average molecular weight is 237 g/mol. The van der Waals surface area contributed by atoms with E-state index in [1.165, 1.54) is 6.07 Å². The van der Waals surface area contributed by atoms with E-state index in [9.17, 15) is 4.79 Å². The van der Waals surface area contributed by atoms with Crippen molar-refractivity contribution in [2.75, 3.05) is 26.2 Å². The van der Waals surface area contributed by atoms with Crippen molar-refractivity contribution in [2.45, 2.75) is 26.8 Å². The molecule has 0 aliphatic carbocycles. The smallest absolute Gasteiger partial charge is 0.248 e. The molecule has 1 aromatic rings. The van der Waals surface area contributed by atoms with Gasteiger partial charge in [-0.1, -0.05) is 19.9 Å². The maximum Gasteiger partial charge on any atom is 0.248 e. The van der Waals surface area contributed by atoms with E-state index >= 15 is 0 Å². The summed E-state index contributed by atoms with van der Waals surface area (Å²) in [6.45, 7) is 9.44. The van der Waals surface area contributed by atoms with Crippen molar-refractivity contribution < 1.29 is 0 Å². The summed E-state index contributed by atoms with van der Waals surface area (Å²) in [4.78, 5) is 16.3. The molecule has 0 atom stereocenters. The molecule has 0 aromatic carbocycles. The molecule has 1 aromatic heterocycles. The van der Waals surface area contributed by atoms with Gasteiger partial charge in [-0.3, -0.25) is 4.79 Å². The lowest BCUT2D eigenvalue weighted by atomic mass is 10.3. The van der Waals surface area contributed by atoms with Gasteiger partial charge in [-0.25, -0.2) is 0 Å². The third-order valence-corrected chi connectivity index (χ3v) is 2.87. The number of hydrogen-bond donors (Lipinski definition) is 2. The summed E-state index contributed by atoms with van der Waals surface area (Å²) in [5, 5.41) is 3.34.